The zero-order chi connectivity index (χ0) is 12.3. The predicted molar refractivity (Wildman–Crippen MR) is 61.8 cm³/mol. The second-order valence-corrected chi connectivity index (χ2v) is 3.89. The van der Waals surface area contributed by atoms with Crippen LogP contribution in [-0.2, 0) is 4.74 Å². The van der Waals surface area contributed by atoms with Crippen molar-refractivity contribution in [1.29, 1.82) is 0 Å². The molecule has 1 atom stereocenters. The number of anilines is 1. The van der Waals surface area contributed by atoms with E-state index in [-0.39, 0.29) is 22.6 Å². The third-order valence-electron chi connectivity index (χ3n) is 2.14. The van der Waals surface area contributed by atoms with Crippen LogP contribution in [0, 0.1) is 0 Å². The molecule has 0 amide bonds. The molecular weight excluding hydrogens is 230 g/mol. The van der Waals surface area contributed by atoms with Gasteiger partial charge in [-0.25, -0.2) is 4.79 Å². The number of ether oxygens (including phenoxy) is 1. The van der Waals surface area contributed by atoms with Crippen molar-refractivity contribution in [2.45, 2.75) is 12.3 Å². The average molecular weight is 242 g/mol. The highest BCUT2D eigenvalue weighted by Crippen LogP contribution is 2.21. The molecule has 1 aromatic rings. The maximum absolute atomic E-state index is 11.7. The molecule has 1 unspecified atom stereocenters. The number of halogens is 1. The van der Waals surface area contributed by atoms with Crippen LogP contribution in [-0.4, -0.2) is 24.2 Å². The molecule has 0 aliphatic rings. The zero-order valence-corrected chi connectivity index (χ0v) is 9.75. The van der Waals surface area contributed by atoms with Gasteiger partial charge in [-0.15, -0.1) is 11.6 Å². The van der Waals surface area contributed by atoms with Gasteiger partial charge < -0.3 is 10.5 Å². The monoisotopic (exact) mass is 241 g/mol. The first-order chi connectivity index (χ1) is 7.49. The molecule has 2 N–H and O–H groups in total. The number of nitrogen functional groups attached to an aromatic ring is 1. The minimum atomic E-state index is -0.685. The Kier molecular flexibility index (Phi) is 3.90. The molecule has 0 fully saturated rings. The van der Waals surface area contributed by atoms with Gasteiger partial charge in [0.15, 0.2) is 5.78 Å². The van der Waals surface area contributed by atoms with Crippen molar-refractivity contribution in [1.82, 2.24) is 0 Å². The van der Waals surface area contributed by atoms with Crippen LogP contribution in [0.1, 0.15) is 27.6 Å². The van der Waals surface area contributed by atoms with Crippen LogP contribution in [0.2, 0.25) is 0 Å². The third-order valence-corrected chi connectivity index (χ3v) is 2.34. The van der Waals surface area contributed by atoms with E-state index in [0.717, 1.165) is 0 Å². The second kappa shape index (κ2) is 4.99. The molecule has 4 nitrogen and oxygen atoms in total. The quantitative estimate of drug-likeness (QED) is 0.380. The predicted octanol–water partition coefficient (Wildman–Crippen LogP) is 1.87. The molecule has 0 aliphatic carbocycles. The van der Waals surface area contributed by atoms with E-state index in [2.05, 4.69) is 4.74 Å². The topological polar surface area (TPSA) is 69.4 Å². The summed E-state index contributed by atoms with van der Waals surface area (Å²) in [7, 11) is 1.25. The highest BCUT2D eigenvalue weighted by molar-refractivity contribution is 6.34. The minimum Gasteiger partial charge on any atom is -0.465 e. The van der Waals surface area contributed by atoms with Crippen LogP contribution in [0.5, 0.6) is 0 Å². The smallest absolute Gasteiger partial charge is 0.339 e. The fourth-order valence-electron chi connectivity index (χ4n) is 1.28. The van der Waals surface area contributed by atoms with E-state index in [9.17, 15) is 9.59 Å². The highest BCUT2D eigenvalue weighted by Gasteiger charge is 2.19. The lowest BCUT2D eigenvalue weighted by atomic mass is 10.0. The number of nitrogens with two attached hydrogens (primary N) is 1. The molecule has 5 heteroatoms. The molecule has 0 bridgehead atoms. The Morgan fingerprint density at radius 1 is 1.38 bits per heavy atom. The van der Waals surface area contributed by atoms with Crippen LogP contribution in [0.25, 0.3) is 0 Å². The number of ketones is 1. The summed E-state index contributed by atoms with van der Waals surface area (Å²) in [6.45, 7) is 1.55. The van der Waals surface area contributed by atoms with Crippen molar-refractivity contribution in [3.05, 3.63) is 29.3 Å². The van der Waals surface area contributed by atoms with Crippen LogP contribution in [0.4, 0.5) is 5.69 Å². The Labute approximate surface area is 98.3 Å². The van der Waals surface area contributed by atoms with Gasteiger partial charge in [-0.1, -0.05) is 6.07 Å². The van der Waals surface area contributed by atoms with Crippen molar-refractivity contribution in [3.8, 4) is 0 Å². The summed E-state index contributed by atoms with van der Waals surface area (Å²) < 4.78 is 4.55. The van der Waals surface area contributed by atoms with Crippen molar-refractivity contribution >= 4 is 29.0 Å². The summed E-state index contributed by atoms with van der Waals surface area (Å²) in [4.78, 5) is 23.0. The molecule has 86 valence electrons. The lowest BCUT2D eigenvalue weighted by molar-refractivity contribution is 0.0602. The number of carbonyl (C=O) groups excluding carboxylic acids is 2. The van der Waals surface area contributed by atoms with Crippen molar-refractivity contribution in [3.63, 3.8) is 0 Å². The van der Waals surface area contributed by atoms with Crippen molar-refractivity contribution in [2.24, 2.45) is 0 Å². The second-order valence-electron chi connectivity index (χ2n) is 3.24. The van der Waals surface area contributed by atoms with E-state index in [0.29, 0.717) is 0 Å². The molecule has 0 saturated heterocycles. The number of Topliss-reactive ketones (excluding diaryl/α,β-unsaturated/α-hetero) is 1. The van der Waals surface area contributed by atoms with Gasteiger partial charge in [0.05, 0.1) is 23.7 Å². The molecule has 0 aliphatic heterocycles. The number of carbonyl (C=O) groups is 2. The molecule has 0 heterocycles. The van der Waals surface area contributed by atoms with Gasteiger partial charge in [0, 0.05) is 5.56 Å². The summed E-state index contributed by atoms with van der Waals surface area (Å²) in [5.74, 6) is -0.890. The van der Waals surface area contributed by atoms with Gasteiger partial charge >= 0.3 is 5.97 Å². The fourth-order valence-corrected chi connectivity index (χ4v) is 1.40. The summed E-state index contributed by atoms with van der Waals surface area (Å²) >= 11 is 5.68. The Hall–Kier alpha value is -1.55. The molecule has 0 saturated carbocycles. The van der Waals surface area contributed by atoms with E-state index in [1.54, 1.807) is 13.0 Å². The fraction of sp³-hybridized carbons (Fsp3) is 0.273. The van der Waals surface area contributed by atoms with Crippen molar-refractivity contribution in [2.75, 3.05) is 12.8 Å². The SMILES string of the molecule is COC(=O)c1cccc(C(=O)C(C)Cl)c1N. The van der Waals surface area contributed by atoms with E-state index >= 15 is 0 Å². The first kappa shape index (κ1) is 12.5. The summed E-state index contributed by atoms with van der Waals surface area (Å²) in [5.41, 5.74) is 6.23. The number of hydrogen-bond donors (Lipinski definition) is 1. The summed E-state index contributed by atoms with van der Waals surface area (Å²) in [5, 5.41) is -0.685. The van der Waals surface area contributed by atoms with Crippen LogP contribution in [0.3, 0.4) is 0 Å². The normalized spacial score (nSPS) is 11.9. The number of hydrogen-bond acceptors (Lipinski definition) is 4. The van der Waals surface area contributed by atoms with Gasteiger partial charge in [0.2, 0.25) is 0 Å². The average Bonchev–Trinajstić information content (AvgIpc) is 2.27. The largest absolute Gasteiger partial charge is 0.465 e. The molecular formula is C11H12ClNO3. The molecule has 1 aromatic carbocycles. The number of rotatable bonds is 3. The Bertz CT molecular complexity index is 429. The Morgan fingerprint density at radius 3 is 2.44 bits per heavy atom. The van der Waals surface area contributed by atoms with E-state index in [1.807, 2.05) is 0 Å². The van der Waals surface area contributed by atoms with Crippen LogP contribution in [0.15, 0.2) is 18.2 Å². The first-order valence-electron chi connectivity index (χ1n) is 4.64. The maximum Gasteiger partial charge on any atom is 0.339 e. The van der Waals surface area contributed by atoms with Gasteiger partial charge in [0.1, 0.15) is 0 Å². The van der Waals surface area contributed by atoms with E-state index in [1.165, 1.54) is 19.2 Å². The summed E-state index contributed by atoms with van der Waals surface area (Å²) in [6, 6.07) is 4.59. The molecule has 0 radical (unpaired) electrons. The van der Waals surface area contributed by atoms with Gasteiger partial charge in [0.25, 0.3) is 0 Å². The lowest BCUT2D eigenvalue weighted by Crippen LogP contribution is -2.15. The van der Waals surface area contributed by atoms with Gasteiger partial charge in [-0.2, -0.15) is 0 Å². The zero-order valence-electron chi connectivity index (χ0n) is 8.99. The van der Waals surface area contributed by atoms with Crippen molar-refractivity contribution < 1.29 is 14.3 Å². The number of esters is 1. The lowest BCUT2D eigenvalue weighted by Gasteiger charge is -2.09. The summed E-state index contributed by atoms with van der Waals surface area (Å²) in [6.07, 6.45) is 0. The van der Waals surface area contributed by atoms with E-state index in [4.69, 9.17) is 17.3 Å². The molecule has 0 aromatic heterocycles. The van der Waals surface area contributed by atoms with Gasteiger partial charge in [-0.05, 0) is 19.1 Å². The number of para-hydroxylation sites is 1. The third kappa shape index (κ3) is 2.33. The number of benzene rings is 1. The van der Waals surface area contributed by atoms with Crippen LogP contribution < -0.4 is 5.73 Å². The van der Waals surface area contributed by atoms with Gasteiger partial charge in [-0.3, -0.25) is 4.79 Å². The van der Waals surface area contributed by atoms with E-state index < -0.39 is 11.3 Å². The standard InChI is InChI=1S/C11H12ClNO3/c1-6(12)10(14)7-4-3-5-8(9(7)13)11(15)16-2/h3-6H,13H2,1-2H3. The molecule has 1 rings (SSSR count). The van der Waals surface area contributed by atoms with Crippen LogP contribution >= 0.6 is 11.6 Å². The Morgan fingerprint density at radius 2 is 1.94 bits per heavy atom. The molecule has 16 heavy (non-hydrogen) atoms. The number of alkyl halides is 1. The number of methoxy groups -OCH3 is 1. The Balaban J connectivity index is 3.24. The first-order valence-corrected chi connectivity index (χ1v) is 5.07. The highest BCUT2D eigenvalue weighted by atomic mass is 35.5. The minimum absolute atomic E-state index is 0.104. The molecule has 0 spiro atoms. The maximum atomic E-state index is 11.7.